The second kappa shape index (κ2) is 9.13. The highest BCUT2D eigenvalue weighted by atomic mass is 32.2. The van der Waals surface area contributed by atoms with Gasteiger partial charge in [0.2, 0.25) is 0 Å². The highest BCUT2D eigenvalue weighted by molar-refractivity contribution is 7.92. The Hall–Kier alpha value is -4.18. The number of benzene rings is 3. The third-order valence-corrected chi connectivity index (χ3v) is 6.10. The zero-order valence-corrected chi connectivity index (χ0v) is 18.2. The van der Waals surface area contributed by atoms with E-state index in [1.807, 2.05) is 0 Å². The number of sulfonamides is 1. The minimum atomic E-state index is -3.90. The van der Waals surface area contributed by atoms with Crippen molar-refractivity contribution in [3.63, 3.8) is 0 Å². The second-order valence-corrected chi connectivity index (χ2v) is 8.62. The van der Waals surface area contributed by atoms with Crippen LogP contribution in [0.2, 0.25) is 0 Å². The topological polar surface area (TPSA) is 102 Å². The molecule has 1 amide bonds. The molecule has 0 aliphatic rings. The Labute approximate surface area is 189 Å². The van der Waals surface area contributed by atoms with Crippen molar-refractivity contribution in [3.05, 3.63) is 96.8 Å². The number of imidazole rings is 1. The minimum Gasteiger partial charge on any atom is -0.497 e. The zero-order chi connectivity index (χ0) is 23.4. The molecule has 8 nitrogen and oxygen atoms in total. The number of amides is 1. The first kappa shape index (κ1) is 22.0. The summed E-state index contributed by atoms with van der Waals surface area (Å²) in [7, 11) is -2.38. The third-order valence-electron chi connectivity index (χ3n) is 4.72. The van der Waals surface area contributed by atoms with Crippen LogP contribution >= 0.6 is 0 Å². The molecule has 1 aromatic heterocycles. The molecular weight excluding hydrogens is 447 g/mol. The predicted octanol–water partition coefficient (Wildman–Crippen LogP) is 4.07. The number of hydrogen-bond acceptors (Lipinski definition) is 5. The van der Waals surface area contributed by atoms with Gasteiger partial charge in [0.05, 0.1) is 24.5 Å². The molecule has 0 atom stereocenters. The predicted molar refractivity (Wildman–Crippen MR) is 122 cm³/mol. The zero-order valence-electron chi connectivity index (χ0n) is 17.4. The number of methoxy groups -OCH3 is 1. The van der Waals surface area contributed by atoms with E-state index >= 15 is 0 Å². The molecule has 0 fully saturated rings. The van der Waals surface area contributed by atoms with Gasteiger partial charge in [-0.2, -0.15) is 0 Å². The van der Waals surface area contributed by atoms with Crippen LogP contribution in [-0.2, 0) is 10.0 Å². The van der Waals surface area contributed by atoms with E-state index < -0.39 is 21.7 Å². The molecule has 4 rings (SSSR count). The van der Waals surface area contributed by atoms with Gasteiger partial charge < -0.3 is 10.1 Å². The fourth-order valence-corrected chi connectivity index (χ4v) is 4.18. The number of nitrogens with zero attached hydrogens (tertiary/aromatic N) is 2. The summed E-state index contributed by atoms with van der Waals surface area (Å²) in [5.74, 6) is -0.303. The van der Waals surface area contributed by atoms with Crippen LogP contribution in [0.3, 0.4) is 0 Å². The fraction of sp³-hybridized carbons (Fsp3) is 0.0435. The standard InChI is InChI=1S/C23H19FN4O4S/c1-32-20-11-7-17(8-12-20)27-33(30,31)21-4-2-3-18(13-21)26-23(29)22-14-25-15-28(22)19-9-5-16(24)6-10-19/h2-15,27H,1H3,(H,26,29). The molecule has 33 heavy (non-hydrogen) atoms. The molecule has 0 aliphatic carbocycles. The van der Waals surface area contributed by atoms with Gasteiger partial charge in [-0.05, 0) is 66.7 Å². The average Bonchev–Trinajstić information content (AvgIpc) is 3.30. The molecule has 4 aromatic rings. The van der Waals surface area contributed by atoms with Crippen LogP contribution in [0.15, 0.2) is 90.2 Å². The van der Waals surface area contributed by atoms with E-state index in [1.165, 1.54) is 66.7 Å². The van der Waals surface area contributed by atoms with E-state index in [2.05, 4.69) is 15.0 Å². The number of carbonyl (C=O) groups excluding carboxylic acids is 1. The Morgan fingerprint density at radius 3 is 2.42 bits per heavy atom. The molecule has 0 saturated heterocycles. The molecule has 3 aromatic carbocycles. The summed E-state index contributed by atoms with van der Waals surface area (Å²) in [6, 6.07) is 17.9. The van der Waals surface area contributed by atoms with Gasteiger partial charge in [-0.1, -0.05) is 6.07 Å². The van der Waals surface area contributed by atoms with Crippen molar-refractivity contribution in [1.29, 1.82) is 0 Å². The molecule has 1 heterocycles. The number of rotatable bonds is 7. The quantitative estimate of drug-likeness (QED) is 0.427. The maximum absolute atomic E-state index is 13.2. The molecule has 10 heteroatoms. The number of nitrogens with one attached hydrogen (secondary N) is 2. The second-order valence-electron chi connectivity index (χ2n) is 6.94. The maximum Gasteiger partial charge on any atom is 0.274 e. The molecule has 0 aliphatic heterocycles. The van der Waals surface area contributed by atoms with Crippen molar-refractivity contribution < 1.29 is 22.3 Å². The highest BCUT2D eigenvalue weighted by Gasteiger charge is 2.17. The van der Waals surface area contributed by atoms with Gasteiger partial charge in [0, 0.05) is 17.1 Å². The molecular formula is C23H19FN4O4S. The number of aromatic nitrogens is 2. The lowest BCUT2D eigenvalue weighted by atomic mass is 10.3. The van der Waals surface area contributed by atoms with Crippen molar-refractivity contribution in [1.82, 2.24) is 9.55 Å². The smallest absolute Gasteiger partial charge is 0.274 e. The molecule has 0 radical (unpaired) electrons. The van der Waals surface area contributed by atoms with Crippen molar-refractivity contribution in [3.8, 4) is 11.4 Å². The number of carbonyl (C=O) groups is 1. The normalized spacial score (nSPS) is 11.1. The number of anilines is 2. The molecule has 168 valence electrons. The van der Waals surface area contributed by atoms with Crippen molar-refractivity contribution in [2.45, 2.75) is 4.90 Å². The van der Waals surface area contributed by atoms with Gasteiger partial charge in [-0.15, -0.1) is 0 Å². The van der Waals surface area contributed by atoms with Crippen LogP contribution in [0.4, 0.5) is 15.8 Å². The Morgan fingerprint density at radius 2 is 1.73 bits per heavy atom. The Bertz CT molecular complexity index is 1380. The average molecular weight is 466 g/mol. The summed E-state index contributed by atoms with van der Waals surface area (Å²) >= 11 is 0. The summed E-state index contributed by atoms with van der Waals surface area (Å²) in [6.07, 6.45) is 2.80. The van der Waals surface area contributed by atoms with E-state index in [4.69, 9.17) is 4.74 Å². The van der Waals surface area contributed by atoms with Crippen molar-refractivity contribution in [2.24, 2.45) is 0 Å². The van der Waals surface area contributed by atoms with Crippen LogP contribution in [0, 0.1) is 5.82 Å². The Morgan fingerprint density at radius 1 is 1.00 bits per heavy atom. The fourth-order valence-electron chi connectivity index (χ4n) is 3.08. The van der Waals surface area contributed by atoms with Crippen molar-refractivity contribution >= 4 is 27.3 Å². The molecule has 0 saturated carbocycles. The van der Waals surface area contributed by atoms with Crippen molar-refractivity contribution in [2.75, 3.05) is 17.1 Å². The van der Waals surface area contributed by atoms with E-state index in [-0.39, 0.29) is 16.3 Å². The lowest BCUT2D eigenvalue weighted by Crippen LogP contribution is -2.17. The first-order valence-electron chi connectivity index (χ1n) is 9.72. The van der Waals surface area contributed by atoms with Gasteiger partial charge in [-0.25, -0.2) is 17.8 Å². The van der Waals surface area contributed by atoms with Crippen LogP contribution in [0.25, 0.3) is 5.69 Å². The van der Waals surface area contributed by atoms with Gasteiger partial charge in [0.25, 0.3) is 15.9 Å². The SMILES string of the molecule is COc1ccc(NS(=O)(=O)c2cccc(NC(=O)c3cncn3-c3ccc(F)cc3)c2)cc1. The van der Waals surface area contributed by atoms with Gasteiger partial charge in [0.1, 0.15) is 17.3 Å². The number of halogens is 1. The maximum atomic E-state index is 13.2. The third kappa shape index (κ3) is 5.01. The first-order chi connectivity index (χ1) is 15.9. The summed E-state index contributed by atoms with van der Waals surface area (Å²) in [6.45, 7) is 0. The lowest BCUT2D eigenvalue weighted by Gasteiger charge is -2.12. The molecule has 2 N–H and O–H groups in total. The van der Waals surface area contributed by atoms with E-state index in [9.17, 15) is 17.6 Å². The Kier molecular flexibility index (Phi) is 6.09. The summed E-state index contributed by atoms with van der Waals surface area (Å²) in [5.41, 5.74) is 1.41. The van der Waals surface area contributed by atoms with E-state index in [1.54, 1.807) is 30.3 Å². The summed E-state index contributed by atoms with van der Waals surface area (Å²) in [4.78, 5) is 16.8. The van der Waals surface area contributed by atoms with E-state index in [0.29, 0.717) is 17.1 Å². The highest BCUT2D eigenvalue weighted by Crippen LogP contribution is 2.22. The number of hydrogen-bond donors (Lipinski definition) is 2. The summed E-state index contributed by atoms with van der Waals surface area (Å²) in [5, 5.41) is 2.67. The largest absolute Gasteiger partial charge is 0.497 e. The lowest BCUT2D eigenvalue weighted by molar-refractivity contribution is 0.102. The molecule has 0 bridgehead atoms. The van der Waals surface area contributed by atoms with Gasteiger partial charge in [-0.3, -0.25) is 14.1 Å². The van der Waals surface area contributed by atoms with Gasteiger partial charge in [0.15, 0.2) is 0 Å². The minimum absolute atomic E-state index is 0.0249. The van der Waals surface area contributed by atoms with Crippen LogP contribution in [0.1, 0.15) is 10.5 Å². The van der Waals surface area contributed by atoms with Crippen LogP contribution in [0.5, 0.6) is 5.75 Å². The van der Waals surface area contributed by atoms with E-state index in [0.717, 1.165) is 0 Å². The summed E-state index contributed by atoms with van der Waals surface area (Å²) < 4.78 is 47.9. The molecule has 0 unspecified atom stereocenters. The monoisotopic (exact) mass is 466 g/mol. The first-order valence-corrected chi connectivity index (χ1v) is 11.2. The number of ether oxygens (including phenoxy) is 1. The molecule has 0 spiro atoms. The Balaban J connectivity index is 1.53. The van der Waals surface area contributed by atoms with Crippen LogP contribution < -0.4 is 14.8 Å². The van der Waals surface area contributed by atoms with Crippen LogP contribution in [-0.4, -0.2) is 31.0 Å². The van der Waals surface area contributed by atoms with Gasteiger partial charge >= 0.3 is 0 Å².